The second-order valence-electron chi connectivity index (χ2n) is 5.67. The normalized spacial score (nSPS) is 12.0. The number of nitro groups is 1. The van der Waals surface area contributed by atoms with E-state index in [1.54, 1.807) is 19.2 Å². The fourth-order valence-corrected chi connectivity index (χ4v) is 2.36. The minimum atomic E-state index is -0.786. The van der Waals surface area contributed by atoms with Crippen molar-refractivity contribution in [2.24, 2.45) is 5.10 Å². The zero-order valence-corrected chi connectivity index (χ0v) is 14.4. The van der Waals surface area contributed by atoms with Crippen LogP contribution in [0, 0.1) is 10.1 Å². The van der Waals surface area contributed by atoms with Crippen LogP contribution in [0.4, 0.5) is 5.69 Å². The van der Waals surface area contributed by atoms with Gasteiger partial charge in [0, 0.05) is 23.7 Å². The Hall–Kier alpha value is -3.81. The summed E-state index contributed by atoms with van der Waals surface area (Å²) in [5, 5.41) is 15.4. The predicted octanol–water partition coefficient (Wildman–Crippen LogP) is 3.06. The third-order valence-corrected chi connectivity index (χ3v) is 3.76. The number of carbonyl (C=O) groups excluding carboxylic acids is 1. The van der Waals surface area contributed by atoms with Crippen LogP contribution in [-0.2, 0) is 4.79 Å². The first kappa shape index (κ1) is 18.0. The molecule has 136 valence electrons. The number of amides is 1. The van der Waals surface area contributed by atoms with Gasteiger partial charge in [-0.05, 0) is 36.8 Å². The molecule has 0 aliphatic rings. The minimum absolute atomic E-state index is 0.0121. The topological polar surface area (TPSA) is 107 Å². The number of nitro benzene ring substituents is 1. The van der Waals surface area contributed by atoms with Crippen LogP contribution in [0.5, 0.6) is 5.75 Å². The van der Waals surface area contributed by atoms with Crippen LogP contribution in [0.3, 0.4) is 0 Å². The number of nitrogens with one attached hydrogen (secondary N) is 1. The second-order valence-corrected chi connectivity index (χ2v) is 5.67. The van der Waals surface area contributed by atoms with E-state index in [9.17, 15) is 14.9 Å². The summed E-state index contributed by atoms with van der Waals surface area (Å²) in [4.78, 5) is 26.6. The molecule has 0 aliphatic heterocycles. The zero-order valence-electron chi connectivity index (χ0n) is 14.4. The lowest BCUT2D eigenvalue weighted by Crippen LogP contribution is -2.33. The number of pyridine rings is 1. The van der Waals surface area contributed by atoms with Crippen molar-refractivity contribution in [1.29, 1.82) is 0 Å². The standard InChI is InChI=1S/C19H16N4O4/c1-13(27-17-6-2-4-15-5-3-11-20-18(15)17)19(24)22-21-12-14-7-9-16(10-8-14)23(25)26/h2-13H,1H3,(H,22,24)/b21-12-/t13-/m0/s1. The van der Waals surface area contributed by atoms with Gasteiger partial charge in [-0.2, -0.15) is 5.10 Å². The maximum Gasteiger partial charge on any atom is 0.280 e. The van der Waals surface area contributed by atoms with E-state index < -0.39 is 16.9 Å². The maximum atomic E-state index is 12.2. The molecule has 0 saturated heterocycles. The number of carbonyl (C=O) groups is 1. The van der Waals surface area contributed by atoms with Gasteiger partial charge in [-0.1, -0.05) is 18.2 Å². The van der Waals surface area contributed by atoms with Crippen molar-refractivity contribution < 1.29 is 14.5 Å². The van der Waals surface area contributed by atoms with E-state index in [1.807, 2.05) is 24.3 Å². The number of aromatic nitrogens is 1. The Balaban J connectivity index is 1.61. The van der Waals surface area contributed by atoms with E-state index >= 15 is 0 Å². The molecule has 1 heterocycles. The number of fused-ring (bicyclic) bond motifs is 1. The minimum Gasteiger partial charge on any atom is -0.479 e. The highest BCUT2D eigenvalue weighted by Gasteiger charge is 2.15. The molecule has 1 N–H and O–H groups in total. The lowest BCUT2D eigenvalue weighted by Gasteiger charge is -2.14. The smallest absolute Gasteiger partial charge is 0.280 e. The summed E-state index contributed by atoms with van der Waals surface area (Å²) in [6.07, 6.45) is 2.27. The molecule has 27 heavy (non-hydrogen) atoms. The van der Waals surface area contributed by atoms with E-state index in [0.717, 1.165) is 5.39 Å². The van der Waals surface area contributed by atoms with E-state index in [-0.39, 0.29) is 5.69 Å². The highest BCUT2D eigenvalue weighted by atomic mass is 16.6. The molecule has 1 atom stereocenters. The number of benzene rings is 2. The third-order valence-electron chi connectivity index (χ3n) is 3.76. The number of hydrogen-bond donors (Lipinski definition) is 1. The lowest BCUT2D eigenvalue weighted by molar-refractivity contribution is -0.384. The maximum absolute atomic E-state index is 12.2. The van der Waals surface area contributed by atoms with Gasteiger partial charge in [0.2, 0.25) is 0 Å². The Morgan fingerprint density at radius 2 is 1.96 bits per heavy atom. The Labute approximate surface area is 154 Å². The summed E-state index contributed by atoms with van der Waals surface area (Å²) < 4.78 is 5.71. The highest BCUT2D eigenvalue weighted by Crippen LogP contribution is 2.23. The number of hydrogen-bond acceptors (Lipinski definition) is 6. The van der Waals surface area contributed by atoms with Crippen LogP contribution < -0.4 is 10.2 Å². The number of nitrogens with zero attached hydrogens (tertiary/aromatic N) is 3. The quantitative estimate of drug-likeness (QED) is 0.411. The van der Waals surface area contributed by atoms with Crippen LogP contribution >= 0.6 is 0 Å². The van der Waals surface area contributed by atoms with E-state index in [4.69, 9.17) is 4.74 Å². The van der Waals surface area contributed by atoms with Gasteiger partial charge in [-0.15, -0.1) is 0 Å². The van der Waals surface area contributed by atoms with Crippen molar-refractivity contribution in [2.45, 2.75) is 13.0 Å². The fraction of sp³-hybridized carbons (Fsp3) is 0.105. The molecular weight excluding hydrogens is 348 g/mol. The van der Waals surface area contributed by atoms with Gasteiger partial charge in [-0.25, -0.2) is 5.43 Å². The molecule has 0 bridgehead atoms. The predicted molar refractivity (Wildman–Crippen MR) is 101 cm³/mol. The first-order valence-corrected chi connectivity index (χ1v) is 8.12. The van der Waals surface area contributed by atoms with Crippen molar-refractivity contribution in [3.05, 3.63) is 76.5 Å². The Bertz CT molecular complexity index is 997. The first-order valence-electron chi connectivity index (χ1n) is 8.12. The van der Waals surface area contributed by atoms with Crippen molar-refractivity contribution in [1.82, 2.24) is 10.4 Å². The molecule has 0 aliphatic carbocycles. The summed E-state index contributed by atoms with van der Waals surface area (Å²) >= 11 is 0. The Morgan fingerprint density at radius 3 is 2.70 bits per heavy atom. The van der Waals surface area contributed by atoms with E-state index in [1.165, 1.54) is 30.5 Å². The van der Waals surface area contributed by atoms with E-state index in [2.05, 4.69) is 15.5 Å². The number of ether oxygens (including phenoxy) is 1. The molecule has 8 heteroatoms. The van der Waals surface area contributed by atoms with Crippen LogP contribution in [0.2, 0.25) is 0 Å². The first-order chi connectivity index (χ1) is 13.0. The molecule has 1 amide bonds. The average molecular weight is 364 g/mol. The highest BCUT2D eigenvalue weighted by molar-refractivity contribution is 5.86. The molecule has 0 spiro atoms. The summed E-state index contributed by atoms with van der Waals surface area (Å²) in [7, 11) is 0. The Kier molecular flexibility index (Phi) is 5.36. The number of hydrazone groups is 1. The molecule has 0 saturated carbocycles. The van der Waals surface area contributed by atoms with Crippen LogP contribution in [0.25, 0.3) is 10.9 Å². The van der Waals surface area contributed by atoms with Gasteiger partial charge in [0.15, 0.2) is 6.10 Å². The number of para-hydroxylation sites is 1. The summed E-state index contributed by atoms with van der Waals surface area (Å²) in [6, 6.07) is 15.0. The van der Waals surface area contributed by atoms with Gasteiger partial charge < -0.3 is 4.74 Å². The Morgan fingerprint density at radius 1 is 1.22 bits per heavy atom. The molecular formula is C19H16N4O4. The van der Waals surface area contributed by atoms with Gasteiger partial charge >= 0.3 is 0 Å². The largest absolute Gasteiger partial charge is 0.479 e. The van der Waals surface area contributed by atoms with Crippen LogP contribution in [0.1, 0.15) is 12.5 Å². The summed E-state index contributed by atoms with van der Waals surface area (Å²) in [5.41, 5.74) is 3.67. The molecule has 2 aromatic carbocycles. The number of rotatable bonds is 6. The van der Waals surface area contributed by atoms with Crippen LogP contribution in [0.15, 0.2) is 65.9 Å². The molecule has 1 aromatic heterocycles. The summed E-state index contributed by atoms with van der Waals surface area (Å²) in [6.45, 7) is 1.61. The molecule has 3 rings (SSSR count). The third kappa shape index (κ3) is 4.43. The molecule has 8 nitrogen and oxygen atoms in total. The van der Waals surface area contributed by atoms with Gasteiger partial charge in [0.05, 0.1) is 11.1 Å². The van der Waals surface area contributed by atoms with Crippen molar-refractivity contribution in [3.8, 4) is 5.75 Å². The zero-order chi connectivity index (χ0) is 19.2. The molecule has 0 fully saturated rings. The summed E-state index contributed by atoms with van der Waals surface area (Å²) in [5.74, 6) is 0.0798. The van der Waals surface area contributed by atoms with Crippen molar-refractivity contribution in [3.63, 3.8) is 0 Å². The van der Waals surface area contributed by atoms with E-state index in [0.29, 0.717) is 16.8 Å². The number of non-ortho nitro benzene ring substituents is 1. The SMILES string of the molecule is C[C@H](Oc1cccc2cccnc12)C(=O)N/N=C\c1ccc([N+](=O)[O-])cc1. The second kappa shape index (κ2) is 8.05. The van der Waals surface area contributed by atoms with Gasteiger partial charge in [-0.3, -0.25) is 19.9 Å². The van der Waals surface area contributed by atoms with Gasteiger partial charge in [0.1, 0.15) is 11.3 Å². The van der Waals surface area contributed by atoms with Gasteiger partial charge in [0.25, 0.3) is 11.6 Å². The lowest BCUT2D eigenvalue weighted by atomic mass is 10.2. The monoisotopic (exact) mass is 364 g/mol. The average Bonchev–Trinajstić information content (AvgIpc) is 2.68. The van der Waals surface area contributed by atoms with Crippen molar-refractivity contribution in [2.75, 3.05) is 0 Å². The van der Waals surface area contributed by atoms with Crippen LogP contribution in [-0.4, -0.2) is 28.1 Å². The fourth-order valence-electron chi connectivity index (χ4n) is 2.36. The van der Waals surface area contributed by atoms with Crippen molar-refractivity contribution >= 4 is 28.7 Å². The molecule has 0 unspecified atom stereocenters. The molecule has 0 radical (unpaired) electrons. The molecule has 3 aromatic rings.